The van der Waals surface area contributed by atoms with E-state index in [1.807, 2.05) is 60.8 Å². The average Bonchev–Trinajstić information content (AvgIpc) is 3.42. The topological polar surface area (TPSA) is 133 Å². The van der Waals surface area contributed by atoms with Crippen LogP contribution in [0, 0.1) is 5.92 Å². The first-order chi connectivity index (χ1) is 19.5. The van der Waals surface area contributed by atoms with E-state index in [9.17, 15) is 14.4 Å². The number of amides is 3. The molecule has 206 valence electrons. The number of pyridine rings is 1. The number of rotatable bonds is 9. The molecule has 1 fully saturated rings. The maximum atomic E-state index is 13.4. The second kappa shape index (κ2) is 12.6. The number of H-pyrrole nitrogens is 1. The SMILES string of the molecule is NCc1ccnc(CNC(=O)C(Cc2c[nH]c3ccccc23)NC(=O)C2CCN(C(=O)c3ccccc3)CC2)c1. The molecule has 5 rings (SSSR count). The number of hydrogen-bond acceptors (Lipinski definition) is 5. The van der Waals surface area contributed by atoms with Crippen LogP contribution in [0.5, 0.6) is 0 Å². The second-order valence-corrected chi connectivity index (χ2v) is 10.1. The number of nitrogens with zero attached hydrogens (tertiary/aromatic N) is 2. The molecule has 1 atom stereocenters. The smallest absolute Gasteiger partial charge is 0.253 e. The van der Waals surface area contributed by atoms with Crippen molar-refractivity contribution in [3.05, 3.63) is 102 Å². The fraction of sp³-hybridized carbons (Fsp3) is 0.290. The van der Waals surface area contributed by atoms with Gasteiger partial charge in [-0.3, -0.25) is 19.4 Å². The number of likely N-dealkylation sites (tertiary alicyclic amines) is 1. The van der Waals surface area contributed by atoms with E-state index in [0.717, 1.165) is 22.0 Å². The van der Waals surface area contributed by atoms with Gasteiger partial charge in [-0.2, -0.15) is 0 Å². The molecule has 2 aromatic heterocycles. The lowest BCUT2D eigenvalue weighted by atomic mass is 9.94. The van der Waals surface area contributed by atoms with E-state index in [4.69, 9.17) is 5.73 Å². The molecule has 0 aliphatic carbocycles. The standard InChI is InChI=1S/C31H34N6O3/c32-18-21-10-13-33-25(16-21)20-35-30(39)28(17-24-19-34-27-9-5-4-8-26(24)27)36-29(38)22-11-14-37(15-12-22)31(40)23-6-2-1-3-7-23/h1-10,13,16,19,22,28,34H,11-12,14-15,17-18,20,32H2,(H,35,39)(H,36,38). The summed E-state index contributed by atoms with van der Waals surface area (Å²) < 4.78 is 0. The molecule has 1 saturated heterocycles. The minimum atomic E-state index is -0.770. The Hall–Kier alpha value is -4.50. The van der Waals surface area contributed by atoms with Crippen LogP contribution in [0.3, 0.4) is 0 Å². The van der Waals surface area contributed by atoms with Crippen molar-refractivity contribution in [3.63, 3.8) is 0 Å². The predicted molar refractivity (Wildman–Crippen MR) is 153 cm³/mol. The first-order valence-electron chi connectivity index (χ1n) is 13.6. The zero-order valence-corrected chi connectivity index (χ0v) is 22.3. The molecule has 4 aromatic rings. The van der Waals surface area contributed by atoms with Gasteiger partial charge in [-0.05, 0) is 54.3 Å². The molecule has 3 heterocycles. The first-order valence-corrected chi connectivity index (χ1v) is 13.6. The number of benzene rings is 2. The quantitative estimate of drug-likeness (QED) is 0.260. The predicted octanol–water partition coefficient (Wildman–Crippen LogP) is 2.92. The van der Waals surface area contributed by atoms with Gasteiger partial charge in [-0.25, -0.2) is 0 Å². The molecule has 40 heavy (non-hydrogen) atoms. The Morgan fingerprint density at radius 1 is 1.02 bits per heavy atom. The van der Waals surface area contributed by atoms with E-state index in [-0.39, 0.29) is 30.2 Å². The van der Waals surface area contributed by atoms with Crippen LogP contribution in [0.25, 0.3) is 10.9 Å². The minimum absolute atomic E-state index is 0.0247. The van der Waals surface area contributed by atoms with E-state index in [2.05, 4.69) is 20.6 Å². The summed E-state index contributed by atoms with van der Waals surface area (Å²) in [5.41, 5.74) is 9.93. The van der Waals surface area contributed by atoms with E-state index >= 15 is 0 Å². The summed E-state index contributed by atoms with van der Waals surface area (Å²) in [7, 11) is 0. The molecule has 2 aromatic carbocycles. The third kappa shape index (κ3) is 6.38. The minimum Gasteiger partial charge on any atom is -0.361 e. The molecule has 9 nitrogen and oxygen atoms in total. The fourth-order valence-corrected chi connectivity index (χ4v) is 5.18. The highest BCUT2D eigenvalue weighted by Crippen LogP contribution is 2.22. The summed E-state index contributed by atoms with van der Waals surface area (Å²) in [6.45, 7) is 1.61. The molecule has 3 amide bonds. The van der Waals surface area contributed by atoms with Gasteiger partial charge >= 0.3 is 0 Å². The van der Waals surface area contributed by atoms with Crippen LogP contribution < -0.4 is 16.4 Å². The van der Waals surface area contributed by atoms with E-state index in [1.165, 1.54) is 0 Å². The van der Waals surface area contributed by atoms with Crippen LogP contribution in [-0.2, 0) is 29.1 Å². The Balaban J connectivity index is 1.25. The Morgan fingerprint density at radius 2 is 1.77 bits per heavy atom. The summed E-state index contributed by atoms with van der Waals surface area (Å²) in [5, 5.41) is 6.97. The van der Waals surface area contributed by atoms with Gasteiger partial charge in [0.05, 0.1) is 12.2 Å². The maximum absolute atomic E-state index is 13.4. The van der Waals surface area contributed by atoms with Crippen molar-refractivity contribution in [1.29, 1.82) is 0 Å². The monoisotopic (exact) mass is 538 g/mol. The molecule has 1 unspecified atom stereocenters. The number of carbonyl (C=O) groups is 3. The molecule has 0 radical (unpaired) electrons. The normalized spacial score (nSPS) is 14.6. The number of hydrogen-bond donors (Lipinski definition) is 4. The van der Waals surface area contributed by atoms with Crippen molar-refractivity contribution in [2.45, 2.75) is 38.4 Å². The van der Waals surface area contributed by atoms with Gasteiger partial charge in [-0.1, -0.05) is 36.4 Å². The zero-order valence-electron chi connectivity index (χ0n) is 22.3. The summed E-state index contributed by atoms with van der Waals surface area (Å²) in [4.78, 5) is 49.0. The van der Waals surface area contributed by atoms with Crippen LogP contribution in [0.4, 0.5) is 0 Å². The number of aromatic nitrogens is 2. The van der Waals surface area contributed by atoms with Gasteiger partial charge in [0.1, 0.15) is 6.04 Å². The van der Waals surface area contributed by atoms with Crippen molar-refractivity contribution in [3.8, 4) is 0 Å². The highest BCUT2D eigenvalue weighted by molar-refractivity contribution is 5.94. The number of fused-ring (bicyclic) bond motifs is 1. The van der Waals surface area contributed by atoms with Crippen molar-refractivity contribution in [2.24, 2.45) is 11.7 Å². The maximum Gasteiger partial charge on any atom is 0.253 e. The van der Waals surface area contributed by atoms with E-state index in [0.29, 0.717) is 50.2 Å². The van der Waals surface area contributed by atoms with Gasteiger partial charge in [0.2, 0.25) is 11.8 Å². The van der Waals surface area contributed by atoms with Crippen LogP contribution >= 0.6 is 0 Å². The van der Waals surface area contributed by atoms with Crippen molar-refractivity contribution in [1.82, 2.24) is 25.5 Å². The second-order valence-electron chi connectivity index (χ2n) is 10.1. The number of piperidine rings is 1. The third-order valence-corrected chi connectivity index (χ3v) is 7.47. The van der Waals surface area contributed by atoms with Crippen molar-refractivity contribution in [2.75, 3.05) is 13.1 Å². The number of nitrogens with one attached hydrogen (secondary N) is 3. The molecular weight excluding hydrogens is 504 g/mol. The largest absolute Gasteiger partial charge is 0.361 e. The van der Waals surface area contributed by atoms with Gasteiger partial charge in [0.25, 0.3) is 5.91 Å². The molecule has 1 aliphatic heterocycles. The zero-order chi connectivity index (χ0) is 27.9. The van der Waals surface area contributed by atoms with Crippen LogP contribution in [0.1, 0.15) is 40.0 Å². The third-order valence-electron chi connectivity index (χ3n) is 7.47. The lowest BCUT2D eigenvalue weighted by molar-refractivity contribution is -0.132. The first kappa shape index (κ1) is 27.1. The van der Waals surface area contributed by atoms with Gasteiger partial charge in [0.15, 0.2) is 0 Å². The summed E-state index contributed by atoms with van der Waals surface area (Å²) >= 11 is 0. The molecule has 0 spiro atoms. The summed E-state index contributed by atoms with van der Waals surface area (Å²) in [5.74, 6) is -0.755. The fourth-order valence-electron chi connectivity index (χ4n) is 5.18. The highest BCUT2D eigenvalue weighted by Gasteiger charge is 2.31. The van der Waals surface area contributed by atoms with Crippen molar-refractivity contribution < 1.29 is 14.4 Å². The van der Waals surface area contributed by atoms with Crippen molar-refractivity contribution >= 4 is 28.6 Å². The molecule has 0 bridgehead atoms. The average molecular weight is 539 g/mol. The van der Waals surface area contributed by atoms with Gasteiger partial charge in [0, 0.05) is 60.8 Å². The van der Waals surface area contributed by atoms with Gasteiger partial charge in [-0.15, -0.1) is 0 Å². The molecular formula is C31H34N6O3. The van der Waals surface area contributed by atoms with Crippen LogP contribution in [0.15, 0.2) is 79.1 Å². The lowest BCUT2D eigenvalue weighted by Crippen LogP contribution is -2.51. The van der Waals surface area contributed by atoms with Crippen LogP contribution in [-0.4, -0.2) is 51.7 Å². The summed E-state index contributed by atoms with van der Waals surface area (Å²) in [6, 6.07) is 20.0. The Morgan fingerprint density at radius 3 is 2.55 bits per heavy atom. The Kier molecular flexibility index (Phi) is 8.51. The Bertz CT molecular complexity index is 1480. The van der Waals surface area contributed by atoms with E-state index in [1.54, 1.807) is 23.2 Å². The molecule has 5 N–H and O–H groups in total. The molecule has 9 heteroatoms. The van der Waals surface area contributed by atoms with E-state index < -0.39 is 6.04 Å². The number of carbonyl (C=O) groups excluding carboxylic acids is 3. The molecule has 0 saturated carbocycles. The highest BCUT2D eigenvalue weighted by atomic mass is 16.2. The van der Waals surface area contributed by atoms with Gasteiger partial charge < -0.3 is 26.3 Å². The van der Waals surface area contributed by atoms with Crippen LogP contribution in [0.2, 0.25) is 0 Å². The lowest BCUT2D eigenvalue weighted by Gasteiger charge is -2.32. The Labute approximate surface area is 233 Å². The number of aromatic amines is 1. The molecule has 1 aliphatic rings. The summed E-state index contributed by atoms with van der Waals surface area (Å²) in [6.07, 6.45) is 4.98. The number of para-hydroxylation sites is 1. The number of nitrogens with two attached hydrogens (primary N) is 1.